The summed E-state index contributed by atoms with van der Waals surface area (Å²) < 4.78 is 48.0. The average molecular weight is 545 g/mol. The highest BCUT2D eigenvalue weighted by Crippen LogP contribution is 2.34. The van der Waals surface area contributed by atoms with Crippen LogP contribution in [-0.2, 0) is 21.2 Å². The Labute approximate surface area is 222 Å². The normalized spacial score (nSPS) is 15.7. The van der Waals surface area contributed by atoms with Crippen molar-refractivity contribution < 1.29 is 22.3 Å². The van der Waals surface area contributed by atoms with Crippen molar-refractivity contribution in [2.75, 3.05) is 26.2 Å². The molecule has 3 aromatic rings. The predicted octanol–water partition coefficient (Wildman–Crippen LogP) is 5.44. The number of hydrogen-bond acceptors (Lipinski definition) is 5. The molecular formula is C28H33FN2O4S2. The predicted molar refractivity (Wildman–Crippen MR) is 144 cm³/mol. The van der Waals surface area contributed by atoms with Crippen LogP contribution in [0.3, 0.4) is 0 Å². The number of sulfonamides is 1. The first-order chi connectivity index (χ1) is 17.6. The molecule has 0 fully saturated rings. The number of benzene rings is 2. The summed E-state index contributed by atoms with van der Waals surface area (Å²) in [7, 11) is -3.86. The van der Waals surface area contributed by atoms with Gasteiger partial charge in [0.05, 0.1) is 17.5 Å². The summed E-state index contributed by atoms with van der Waals surface area (Å²) in [6.45, 7) is 6.57. The van der Waals surface area contributed by atoms with Crippen molar-refractivity contribution in [2.24, 2.45) is 5.92 Å². The van der Waals surface area contributed by atoms with E-state index in [9.17, 15) is 17.6 Å². The standard InChI is InChI=1S/C28H33FN2O4S2/c1-20(2)11-14-30(37(33,34)24-9-7-21(3)8-10-24)18-28(32)31-15-12-27-25(13-16-36-27)26(31)19-35-23-6-4-5-22(29)17-23/h4-10,13,16-17,20,26H,11-12,14-15,18-19H2,1-3H3/t26-/m1/s1. The number of aryl methyl sites for hydroxylation is 1. The molecule has 2 heterocycles. The van der Waals surface area contributed by atoms with Crippen LogP contribution in [0.15, 0.2) is 64.9 Å². The Morgan fingerprint density at radius 2 is 1.95 bits per heavy atom. The fourth-order valence-electron chi connectivity index (χ4n) is 4.39. The lowest BCUT2D eigenvalue weighted by molar-refractivity contribution is -0.135. The first-order valence-electron chi connectivity index (χ1n) is 12.5. The van der Waals surface area contributed by atoms with E-state index in [1.54, 1.807) is 52.6 Å². The minimum atomic E-state index is -3.86. The molecule has 2 aromatic carbocycles. The zero-order valence-electron chi connectivity index (χ0n) is 21.4. The molecule has 0 bridgehead atoms. The van der Waals surface area contributed by atoms with Gasteiger partial charge in [-0.05, 0) is 67.0 Å². The van der Waals surface area contributed by atoms with E-state index >= 15 is 0 Å². The molecule has 6 nitrogen and oxygen atoms in total. The van der Waals surface area contributed by atoms with Crippen LogP contribution in [-0.4, -0.2) is 49.8 Å². The molecule has 0 aliphatic carbocycles. The number of hydrogen-bond donors (Lipinski definition) is 0. The van der Waals surface area contributed by atoms with E-state index in [0.717, 1.165) is 11.1 Å². The van der Waals surface area contributed by atoms with Gasteiger partial charge in [-0.1, -0.05) is 37.6 Å². The SMILES string of the molecule is Cc1ccc(S(=O)(=O)N(CCC(C)C)CC(=O)N2CCc3sccc3[C@H]2COc2cccc(F)c2)cc1. The van der Waals surface area contributed by atoms with Gasteiger partial charge in [0.15, 0.2) is 0 Å². The third-order valence-electron chi connectivity index (χ3n) is 6.55. The van der Waals surface area contributed by atoms with Crippen LogP contribution in [0.25, 0.3) is 0 Å². The van der Waals surface area contributed by atoms with E-state index in [-0.39, 0.29) is 42.5 Å². The number of rotatable bonds is 10. The van der Waals surface area contributed by atoms with E-state index in [4.69, 9.17) is 4.74 Å². The Bertz CT molecular complexity index is 1320. The van der Waals surface area contributed by atoms with Gasteiger partial charge in [-0.3, -0.25) is 4.79 Å². The molecular weight excluding hydrogens is 511 g/mol. The van der Waals surface area contributed by atoms with Gasteiger partial charge in [0.25, 0.3) is 0 Å². The summed E-state index contributed by atoms with van der Waals surface area (Å²) in [6.07, 6.45) is 1.34. The molecule has 0 N–H and O–H groups in total. The molecule has 0 radical (unpaired) electrons. The lowest BCUT2D eigenvalue weighted by atomic mass is 10.0. The van der Waals surface area contributed by atoms with Gasteiger partial charge < -0.3 is 9.64 Å². The maximum atomic E-state index is 13.7. The molecule has 1 amide bonds. The van der Waals surface area contributed by atoms with E-state index in [1.165, 1.54) is 21.3 Å². The fraction of sp³-hybridized carbons (Fsp3) is 0.393. The second-order valence-corrected chi connectivity index (χ2v) is 12.7. The highest BCUT2D eigenvalue weighted by Gasteiger charge is 2.35. The van der Waals surface area contributed by atoms with Crippen LogP contribution in [0.5, 0.6) is 5.75 Å². The molecule has 0 unspecified atom stereocenters. The highest BCUT2D eigenvalue weighted by atomic mass is 32.2. The minimum absolute atomic E-state index is 0.148. The molecule has 1 aromatic heterocycles. The molecule has 1 aliphatic heterocycles. The topological polar surface area (TPSA) is 66.9 Å². The molecule has 37 heavy (non-hydrogen) atoms. The van der Waals surface area contributed by atoms with Gasteiger partial charge in [-0.2, -0.15) is 4.31 Å². The number of fused-ring (bicyclic) bond motifs is 1. The van der Waals surface area contributed by atoms with Gasteiger partial charge in [0, 0.05) is 24.0 Å². The maximum absolute atomic E-state index is 13.7. The lowest BCUT2D eigenvalue weighted by Gasteiger charge is -2.37. The van der Waals surface area contributed by atoms with Crippen LogP contribution in [0.4, 0.5) is 4.39 Å². The van der Waals surface area contributed by atoms with Crippen LogP contribution in [0, 0.1) is 18.7 Å². The third-order valence-corrected chi connectivity index (χ3v) is 9.40. The van der Waals surface area contributed by atoms with Crippen molar-refractivity contribution in [1.29, 1.82) is 0 Å². The number of carbonyl (C=O) groups is 1. The van der Waals surface area contributed by atoms with Gasteiger partial charge in [-0.25, -0.2) is 12.8 Å². The summed E-state index contributed by atoms with van der Waals surface area (Å²) >= 11 is 1.64. The molecule has 198 valence electrons. The zero-order valence-corrected chi connectivity index (χ0v) is 23.0. The lowest BCUT2D eigenvalue weighted by Crippen LogP contribution is -2.48. The van der Waals surface area contributed by atoms with Crippen LogP contribution in [0.2, 0.25) is 0 Å². The minimum Gasteiger partial charge on any atom is -0.491 e. The molecule has 9 heteroatoms. The van der Waals surface area contributed by atoms with E-state index in [0.29, 0.717) is 25.1 Å². The molecule has 0 saturated heterocycles. The van der Waals surface area contributed by atoms with Crippen LogP contribution < -0.4 is 4.74 Å². The summed E-state index contributed by atoms with van der Waals surface area (Å²) in [4.78, 5) is 16.8. The number of ether oxygens (including phenoxy) is 1. The maximum Gasteiger partial charge on any atom is 0.243 e. The Morgan fingerprint density at radius 3 is 2.65 bits per heavy atom. The van der Waals surface area contributed by atoms with Crippen LogP contribution in [0.1, 0.15) is 42.3 Å². The quantitative estimate of drug-likeness (QED) is 0.341. The summed E-state index contributed by atoms with van der Waals surface area (Å²) in [5.74, 6) is -0.00612. The first kappa shape index (κ1) is 27.3. The molecule has 1 aliphatic rings. The molecule has 1 atom stereocenters. The van der Waals surface area contributed by atoms with Crippen LogP contribution >= 0.6 is 11.3 Å². The molecule has 0 saturated carbocycles. The number of halogens is 1. The fourth-order valence-corrected chi connectivity index (χ4v) is 6.73. The number of nitrogens with zero attached hydrogens (tertiary/aromatic N) is 2. The van der Waals surface area contributed by atoms with Gasteiger partial charge in [0.2, 0.25) is 15.9 Å². The second kappa shape index (κ2) is 11.8. The summed E-state index contributed by atoms with van der Waals surface area (Å²) in [5.41, 5.74) is 1.96. The van der Waals surface area contributed by atoms with Gasteiger partial charge >= 0.3 is 0 Å². The second-order valence-electron chi connectivity index (χ2n) is 9.75. The number of thiophene rings is 1. The van der Waals surface area contributed by atoms with E-state index < -0.39 is 15.8 Å². The third kappa shape index (κ3) is 6.58. The van der Waals surface area contributed by atoms with Crippen molar-refractivity contribution in [1.82, 2.24) is 9.21 Å². The highest BCUT2D eigenvalue weighted by molar-refractivity contribution is 7.89. The Kier molecular flexibility index (Phi) is 8.67. The number of carbonyl (C=O) groups excluding carboxylic acids is 1. The van der Waals surface area contributed by atoms with Crippen molar-refractivity contribution in [3.05, 3.63) is 81.8 Å². The van der Waals surface area contributed by atoms with Gasteiger partial charge in [0.1, 0.15) is 18.2 Å². The summed E-state index contributed by atoms with van der Waals surface area (Å²) in [5, 5.41) is 1.99. The summed E-state index contributed by atoms with van der Waals surface area (Å²) in [6, 6.07) is 14.2. The van der Waals surface area contributed by atoms with Crippen molar-refractivity contribution in [2.45, 2.75) is 44.6 Å². The average Bonchev–Trinajstić information content (AvgIpc) is 3.34. The zero-order chi connectivity index (χ0) is 26.6. The van der Waals surface area contributed by atoms with Crippen molar-refractivity contribution in [3.8, 4) is 5.75 Å². The Balaban J connectivity index is 1.57. The Morgan fingerprint density at radius 1 is 1.19 bits per heavy atom. The first-order valence-corrected chi connectivity index (χ1v) is 14.8. The van der Waals surface area contributed by atoms with Crippen molar-refractivity contribution in [3.63, 3.8) is 0 Å². The Hall–Kier alpha value is -2.75. The molecule has 4 rings (SSSR count). The smallest absolute Gasteiger partial charge is 0.243 e. The number of amides is 1. The monoisotopic (exact) mass is 544 g/mol. The van der Waals surface area contributed by atoms with E-state index in [1.807, 2.05) is 32.2 Å². The van der Waals surface area contributed by atoms with E-state index in [2.05, 4.69) is 0 Å². The molecule has 0 spiro atoms. The largest absolute Gasteiger partial charge is 0.491 e. The van der Waals surface area contributed by atoms with Crippen molar-refractivity contribution >= 4 is 27.3 Å². The van der Waals surface area contributed by atoms with Gasteiger partial charge in [-0.15, -0.1) is 11.3 Å².